The normalized spacial score (nSPS) is 21.7. The van der Waals surface area contributed by atoms with Crippen molar-refractivity contribution in [2.45, 2.75) is 13.0 Å². The van der Waals surface area contributed by atoms with E-state index in [0.717, 1.165) is 19.6 Å². The molecule has 2 aliphatic rings. The number of piperazine rings is 1. The van der Waals surface area contributed by atoms with E-state index >= 15 is 0 Å². The van der Waals surface area contributed by atoms with Gasteiger partial charge in [-0.1, -0.05) is 11.6 Å². The number of nitrogens with zero attached hydrogens (tertiary/aromatic N) is 2. The van der Waals surface area contributed by atoms with Gasteiger partial charge in [0.15, 0.2) is 0 Å². The van der Waals surface area contributed by atoms with Crippen LogP contribution in [-0.2, 0) is 4.74 Å². The molecule has 3 heterocycles. The second-order valence-electron chi connectivity index (χ2n) is 5.31. The molecule has 122 valence electrons. The number of hydrogen-bond acceptors (Lipinski definition) is 5. The molecule has 2 N–H and O–H groups in total. The van der Waals surface area contributed by atoms with Crippen LogP contribution in [-0.4, -0.2) is 67.8 Å². The van der Waals surface area contributed by atoms with E-state index in [4.69, 9.17) is 16.3 Å². The summed E-state index contributed by atoms with van der Waals surface area (Å²) < 4.78 is 5.17. The van der Waals surface area contributed by atoms with E-state index < -0.39 is 0 Å². The van der Waals surface area contributed by atoms with Crippen LogP contribution in [0, 0.1) is 0 Å². The van der Waals surface area contributed by atoms with Crippen molar-refractivity contribution in [3.8, 4) is 0 Å². The Balaban J connectivity index is 0.000000211. The first-order chi connectivity index (χ1) is 10.7. The van der Waals surface area contributed by atoms with Crippen molar-refractivity contribution < 1.29 is 9.53 Å². The van der Waals surface area contributed by atoms with E-state index in [1.165, 1.54) is 0 Å². The van der Waals surface area contributed by atoms with Crippen molar-refractivity contribution in [1.82, 2.24) is 20.5 Å². The Morgan fingerprint density at radius 1 is 1.41 bits per heavy atom. The second-order valence-corrected chi connectivity index (χ2v) is 5.66. The summed E-state index contributed by atoms with van der Waals surface area (Å²) in [6.45, 7) is 7.97. The fraction of sp³-hybridized carbons (Fsp3) is 0.600. The molecule has 1 amide bonds. The molecule has 0 bridgehead atoms. The number of hydrogen-bond donors (Lipinski definition) is 2. The van der Waals surface area contributed by atoms with Crippen molar-refractivity contribution in [2.75, 3.05) is 45.9 Å². The van der Waals surface area contributed by atoms with Crippen LogP contribution in [0.3, 0.4) is 0 Å². The molecule has 2 fully saturated rings. The molecule has 0 saturated carbocycles. The first-order valence-corrected chi connectivity index (χ1v) is 7.98. The minimum Gasteiger partial charge on any atom is -0.378 e. The molecular weight excluding hydrogens is 304 g/mol. The predicted octanol–water partition coefficient (Wildman–Crippen LogP) is 0.775. The van der Waals surface area contributed by atoms with Gasteiger partial charge in [0, 0.05) is 45.0 Å². The van der Waals surface area contributed by atoms with Crippen molar-refractivity contribution in [3.05, 3.63) is 29.0 Å². The molecule has 6 nitrogen and oxygen atoms in total. The summed E-state index contributed by atoms with van der Waals surface area (Å²) in [7, 11) is 0. The number of ether oxygens (including phenoxy) is 1. The van der Waals surface area contributed by atoms with Crippen LogP contribution < -0.4 is 10.6 Å². The van der Waals surface area contributed by atoms with Crippen molar-refractivity contribution in [1.29, 1.82) is 0 Å². The van der Waals surface area contributed by atoms with Crippen LogP contribution in [0.15, 0.2) is 18.3 Å². The third-order valence-electron chi connectivity index (χ3n) is 3.53. The van der Waals surface area contributed by atoms with Gasteiger partial charge in [-0.25, -0.2) is 4.98 Å². The summed E-state index contributed by atoms with van der Waals surface area (Å²) in [6.07, 6.45) is 1.57. The first-order valence-electron chi connectivity index (χ1n) is 7.60. The quantitative estimate of drug-likeness (QED) is 0.746. The lowest BCUT2D eigenvalue weighted by Gasteiger charge is -2.26. The van der Waals surface area contributed by atoms with Crippen LogP contribution in [0.5, 0.6) is 0 Å². The number of amides is 1. The van der Waals surface area contributed by atoms with Crippen LogP contribution >= 0.6 is 11.6 Å². The Bertz CT molecular complexity index is 474. The SMILES string of the molecule is C[C@@H]1CNCCN1.O=C(c1cccnc1Cl)N1CCOCC1. The average molecular weight is 327 g/mol. The van der Waals surface area contributed by atoms with Crippen molar-refractivity contribution in [2.24, 2.45) is 0 Å². The zero-order valence-electron chi connectivity index (χ0n) is 12.8. The van der Waals surface area contributed by atoms with Gasteiger partial charge in [-0.2, -0.15) is 0 Å². The summed E-state index contributed by atoms with van der Waals surface area (Å²) >= 11 is 5.85. The molecule has 2 aliphatic heterocycles. The predicted molar refractivity (Wildman–Crippen MR) is 86.3 cm³/mol. The smallest absolute Gasteiger partial charge is 0.257 e. The number of carbonyl (C=O) groups excluding carboxylic acids is 1. The monoisotopic (exact) mass is 326 g/mol. The largest absolute Gasteiger partial charge is 0.378 e. The maximum Gasteiger partial charge on any atom is 0.257 e. The second kappa shape index (κ2) is 9.05. The lowest BCUT2D eigenvalue weighted by atomic mass is 10.2. The Kier molecular flexibility index (Phi) is 7.05. The summed E-state index contributed by atoms with van der Waals surface area (Å²) in [4.78, 5) is 17.6. The summed E-state index contributed by atoms with van der Waals surface area (Å²) in [5.74, 6) is -0.0728. The topological polar surface area (TPSA) is 66.5 Å². The summed E-state index contributed by atoms with van der Waals surface area (Å²) in [5, 5.41) is 6.85. The zero-order chi connectivity index (χ0) is 15.8. The standard InChI is InChI=1S/C10H11ClN2O2.C5H12N2/c11-9-8(2-1-3-12-9)10(14)13-4-6-15-7-5-13;1-5-4-6-2-3-7-5/h1-3H,4-7H2;5-7H,2-4H2,1H3/t;5-/m.1/s1. The molecule has 1 atom stereocenters. The molecular formula is C15H23ClN4O2. The summed E-state index contributed by atoms with van der Waals surface area (Å²) in [5.41, 5.74) is 0.459. The zero-order valence-corrected chi connectivity index (χ0v) is 13.6. The van der Waals surface area contributed by atoms with Gasteiger partial charge in [-0.05, 0) is 19.1 Å². The van der Waals surface area contributed by atoms with Gasteiger partial charge >= 0.3 is 0 Å². The lowest BCUT2D eigenvalue weighted by Crippen LogP contribution is -2.46. The minimum absolute atomic E-state index is 0.0728. The van der Waals surface area contributed by atoms with Crippen LogP contribution in [0.1, 0.15) is 17.3 Å². The van der Waals surface area contributed by atoms with Crippen LogP contribution in [0.25, 0.3) is 0 Å². The number of halogens is 1. The van der Waals surface area contributed by atoms with E-state index in [9.17, 15) is 4.79 Å². The molecule has 0 spiro atoms. The number of carbonyl (C=O) groups is 1. The highest BCUT2D eigenvalue weighted by Crippen LogP contribution is 2.14. The molecule has 7 heteroatoms. The minimum atomic E-state index is -0.0728. The Morgan fingerprint density at radius 3 is 2.73 bits per heavy atom. The molecule has 0 aliphatic carbocycles. The van der Waals surface area contributed by atoms with Gasteiger partial charge in [-0.15, -0.1) is 0 Å². The molecule has 0 unspecified atom stereocenters. The van der Waals surface area contributed by atoms with Gasteiger partial charge < -0.3 is 20.3 Å². The van der Waals surface area contributed by atoms with E-state index in [-0.39, 0.29) is 11.1 Å². The fourth-order valence-corrected chi connectivity index (χ4v) is 2.48. The number of rotatable bonds is 1. The number of nitrogens with one attached hydrogen (secondary N) is 2. The van der Waals surface area contributed by atoms with E-state index in [1.807, 2.05) is 0 Å². The molecule has 1 aromatic rings. The fourth-order valence-electron chi connectivity index (χ4n) is 2.28. The maximum absolute atomic E-state index is 12.0. The molecule has 22 heavy (non-hydrogen) atoms. The third-order valence-corrected chi connectivity index (χ3v) is 3.83. The van der Waals surface area contributed by atoms with E-state index in [0.29, 0.717) is 37.9 Å². The molecule has 1 aromatic heterocycles. The first kappa shape index (κ1) is 17.1. The van der Waals surface area contributed by atoms with Gasteiger partial charge in [0.05, 0.1) is 18.8 Å². The Morgan fingerprint density at radius 2 is 2.18 bits per heavy atom. The highest BCUT2D eigenvalue weighted by Gasteiger charge is 2.20. The Labute approximate surface area is 136 Å². The van der Waals surface area contributed by atoms with Crippen molar-refractivity contribution in [3.63, 3.8) is 0 Å². The van der Waals surface area contributed by atoms with Gasteiger partial charge in [0.2, 0.25) is 0 Å². The number of aromatic nitrogens is 1. The van der Waals surface area contributed by atoms with Gasteiger partial charge in [-0.3, -0.25) is 4.79 Å². The van der Waals surface area contributed by atoms with Gasteiger partial charge in [0.1, 0.15) is 5.15 Å². The molecule has 0 radical (unpaired) electrons. The highest BCUT2D eigenvalue weighted by molar-refractivity contribution is 6.32. The number of pyridine rings is 1. The van der Waals surface area contributed by atoms with E-state index in [1.54, 1.807) is 23.2 Å². The van der Waals surface area contributed by atoms with Crippen molar-refractivity contribution >= 4 is 17.5 Å². The number of morpholine rings is 1. The summed E-state index contributed by atoms with van der Waals surface area (Å²) in [6, 6.07) is 4.07. The van der Waals surface area contributed by atoms with Gasteiger partial charge in [0.25, 0.3) is 5.91 Å². The Hall–Kier alpha value is -1.21. The molecule has 3 rings (SSSR count). The average Bonchev–Trinajstić information content (AvgIpc) is 2.57. The molecule has 0 aromatic carbocycles. The molecule has 2 saturated heterocycles. The van der Waals surface area contributed by atoms with Crippen LogP contribution in [0.4, 0.5) is 0 Å². The van der Waals surface area contributed by atoms with E-state index in [2.05, 4.69) is 22.5 Å². The highest BCUT2D eigenvalue weighted by atomic mass is 35.5. The maximum atomic E-state index is 12.0. The van der Waals surface area contributed by atoms with Crippen LogP contribution in [0.2, 0.25) is 5.15 Å². The lowest BCUT2D eigenvalue weighted by molar-refractivity contribution is 0.0302. The third kappa shape index (κ3) is 5.21.